The average molecular weight is 198 g/mol. The summed E-state index contributed by atoms with van der Waals surface area (Å²) in [6.07, 6.45) is -3.31. The predicted octanol–water partition coefficient (Wildman–Crippen LogP) is 0.792. The van der Waals surface area contributed by atoms with Gasteiger partial charge < -0.3 is 11.1 Å². The van der Waals surface area contributed by atoms with Crippen LogP contribution in [0, 0.1) is 0 Å². The molecule has 1 atom stereocenters. The van der Waals surface area contributed by atoms with E-state index in [-0.39, 0.29) is 0 Å². The van der Waals surface area contributed by atoms with Crippen LogP contribution in [-0.4, -0.2) is 24.7 Å². The molecule has 0 saturated carbocycles. The second-order valence-corrected chi connectivity index (χ2v) is 2.73. The molecule has 3 N–H and O–H groups in total. The van der Waals surface area contributed by atoms with E-state index in [0.717, 1.165) is 0 Å². The minimum atomic E-state index is -4.37. The van der Waals surface area contributed by atoms with E-state index < -0.39 is 24.7 Å². The molecule has 0 aliphatic rings. The van der Waals surface area contributed by atoms with Crippen LogP contribution >= 0.6 is 0 Å². The van der Waals surface area contributed by atoms with Crippen molar-refractivity contribution in [3.05, 3.63) is 0 Å². The summed E-state index contributed by atoms with van der Waals surface area (Å²) < 4.78 is 34.8. The molecule has 1 unspecified atom stereocenters. The molecule has 0 aliphatic heterocycles. The van der Waals surface area contributed by atoms with E-state index in [9.17, 15) is 18.0 Å². The summed E-state index contributed by atoms with van der Waals surface area (Å²) in [5.41, 5.74) is 5.28. The van der Waals surface area contributed by atoms with Gasteiger partial charge in [-0.05, 0) is 6.42 Å². The summed E-state index contributed by atoms with van der Waals surface area (Å²) in [4.78, 5) is 10.8. The van der Waals surface area contributed by atoms with E-state index in [0.29, 0.717) is 12.8 Å². The van der Waals surface area contributed by atoms with Gasteiger partial charge in [-0.25, -0.2) is 0 Å². The van der Waals surface area contributed by atoms with Gasteiger partial charge in [-0.15, -0.1) is 0 Å². The van der Waals surface area contributed by atoms with Gasteiger partial charge in [-0.1, -0.05) is 13.3 Å². The Hall–Kier alpha value is -0.780. The van der Waals surface area contributed by atoms with Crippen molar-refractivity contribution in [1.82, 2.24) is 5.32 Å². The topological polar surface area (TPSA) is 55.1 Å². The maximum atomic E-state index is 11.6. The highest BCUT2D eigenvalue weighted by Crippen LogP contribution is 2.12. The van der Waals surface area contributed by atoms with Crippen LogP contribution in [0.3, 0.4) is 0 Å². The van der Waals surface area contributed by atoms with Crippen molar-refractivity contribution in [2.24, 2.45) is 5.73 Å². The van der Waals surface area contributed by atoms with Crippen LogP contribution in [0.15, 0.2) is 0 Å². The van der Waals surface area contributed by atoms with Crippen LogP contribution in [-0.2, 0) is 4.79 Å². The van der Waals surface area contributed by atoms with Crippen molar-refractivity contribution in [3.63, 3.8) is 0 Å². The Bertz CT molecular complexity index is 170. The summed E-state index contributed by atoms with van der Waals surface area (Å²) >= 11 is 0. The number of amides is 1. The Kier molecular flexibility index (Phi) is 4.76. The van der Waals surface area contributed by atoms with Crippen LogP contribution in [0.1, 0.15) is 19.8 Å². The van der Waals surface area contributed by atoms with Gasteiger partial charge in [0.25, 0.3) is 0 Å². The lowest BCUT2D eigenvalue weighted by Gasteiger charge is -2.12. The first kappa shape index (κ1) is 12.2. The van der Waals surface area contributed by atoms with Gasteiger partial charge in [-0.2, -0.15) is 13.2 Å². The van der Waals surface area contributed by atoms with Gasteiger partial charge >= 0.3 is 6.18 Å². The van der Waals surface area contributed by atoms with Crippen LogP contribution in [0.25, 0.3) is 0 Å². The number of hydrogen-bond donors (Lipinski definition) is 2. The van der Waals surface area contributed by atoms with Gasteiger partial charge in [0.1, 0.15) is 6.54 Å². The fraction of sp³-hybridized carbons (Fsp3) is 0.857. The van der Waals surface area contributed by atoms with Crippen molar-refractivity contribution in [3.8, 4) is 0 Å². The summed E-state index contributed by atoms with van der Waals surface area (Å²) in [5.74, 6) is -0.751. The lowest BCUT2D eigenvalue weighted by molar-refractivity contribution is -0.139. The van der Waals surface area contributed by atoms with E-state index in [1.165, 1.54) is 0 Å². The van der Waals surface area contributed by atoms with E-state index in [2.05, 4.69) is 0 Å². The van der Waals surface area contributed by atoms with Crippen molar-refractivity contribution in [1.29, 1.82) is 0 Å². The molecule has 13 heavy (non-hydrogen) atoms. The van der Waals surface area contributed by atoms with E-state index >= 15 is 0 Å². The Balaban J connectivity index is 3.74. The molecule has 0 radical (unpaired) electrons. The minimum absolute atomic E-state index is 0.393. The third kappa shape index (κ3) is 6.39. The van der Waals surface area contributed by atoms with Gasteiger partial charge in [-0.3, -0.25) is 4.79 Å². The number of halogens is 3. The molecule has 0 saturated heterocycles. The standard InChI is InChI=1S/C7H13F3N2O/c1-2-3-5(11)6(13)12-4-7(8,9)10/h5H,2-4,11H2,1H3,(H,12,13). The maximum Gasteiger partial charge on any atom is 0.405 e. The molecular weight excluding hydrogens is 185 g/mol. The Morgan fingerprint density at radius 1 is 1.54 bits per heavy atom. The van der Waals surface area contributed by atoms with Crippen molar-refractivity contribution < 1.29 is 18.0 Å². The fourth-order valence-electron chi connectivity index (χ4n) is 0.761. The monoisotopic (exact) mass is 198 g/mol. The molecular formula is C7H13F3N2O. The quantitative estimate of drug-likeness (QED) is 0.701. The molecule has 3 nitrogen and oxygen atoms in total. The lowest BCUT2D eigenvalue weighted by Crippen LogP contribution is -2.44. The first-order valence-electron chi connectivity index (χ1n) is 3.97. The molecule has 1 amide bonds. The first-order valence-corrected chi connectivity index (χ1v) is 3.97. The molecule has 0 aromatic rings. The largest absolute Gasteiger partial charge is 0.405 e. The van der Waals surface area contributed by atoms with Crippen LogP contribution in [0.2, 0.25) is 0 Å². The van der Waals surface area contributed by atoms with Gasteiger partial charge in [0.2, 0.25) is 5.91 Å². The van der Waals surface area contributed by atoms with E-state index in [1.807, 2.05) is 0 Å². The van der Waals surface area contributed by atoms with Crippen molar-refractivity contribution in [2.45, 2.75) is 32.0 Å². The SMILES string of the molecule is CCCC(N)C(=O)NCC(F)(F)F. The number of nitrogens with two attached hydrogens (primary N) is 1. The Morgan fingerprint density at radius 2 is 2.08 bits per heavy atom. The van der Waals surface area contributed by atoms with Crippen LogP contribution < -0.4 is 11.1 Å². The Morgan fingerprint density at radius 3 is 2.46 bits per heavy atom. The number of rotatable bonds is 4. The van der Waals surface area contributed by atoms with Gasteiger partial charge in [0.05, 0.1) is 6.04 Å². The average Bonchev–Trinajstić information content (AvgIpc) is 1.99. The van der Waals surface area contributed by atoms with Crippen molar-refractivity contribution in [2.75, 3.05) is 6.54 Å². The summed E-state index contributed by atoms with van der Waals surface area (Å²) in [7, 11) is 0. The molecule has 78 valence electrons. The van der Waals surface area contributed by atoms with Gasteiger partial charge in [0.15, 0.2) is 0 Å². The molecule has 0 heterocycles. The number of nitrogens with one attached hydrogen (secondary N) is 1. The van der Waals surface area contributed by atoms with Crippen LogP contribution in [0.4, 0.5) is 13.2 Å². The normalized spacial score (nSPS) is 13.9. The fourth-order valence-corrected chi connectivity index (χ4v) is 0.761. The van der Waals surface area contributed by atoms with E-state index in [1.54, 1.807) is 12.2 Å². The predicted molar refractivity (Wildman–Crippen MR) is 41.9 cm³/mol. The summed E-state index contributed by atoms with van der Waals surface area (Å²) in [6.45, 7) is 0.486. The number of carbonyl (C=O) groups is 1. The highest BCUT2D eigenvalue weighted by molar-refractivity contribution is 5.81. The second kappa shape index (κ2) is 5.06. The third-order valence-electron chi connectivity index (χ3n) is 1.40. The first-order chi connectivity index (χ1) is 5.87. The van der Waals surface area contributed by atoms with Crippen LogP contribution in [0.5, 0.6) is 0 Å². The molecule has 0 aromatic heterocycles. The molecule has 0 spiro atoms. The molecule has 6 heteroatoms. The zero-order chi connectivity index (χ0) is 10.5. The molecule has 0 fully saturated rings. The molecule has 0 aromatic carbocycles. The summed E-state index contributed by atoms with van der Waals surface area (Å²) in [5, 5.41) is 1.72. The van der Waals surface area contributed by atoms with Gasteiger partial charge in [0, 0.05) is 0 Å². The number of alkyl halides is 3. The number of carbonyl (C=O) groups excluding carboxylic acids is 1. The van der Waals surface area contributed by atoms with E-state index in [4.69, 9.17) is 5.73 Å². The lowest BCUT2D eigenvalue weighted by atomic mass is 10.2. The molecule has 0 rings (SSSR count). The highest BCUT2D eigenvalue weighted by Gasteiger charge is 2.28. The minimum Gasteiger partial charge on any atom is -0.346 e. The Labute approximate surface area is 74.5 Å². The maximum absolute atomic E-state index is 11.6. The smallest absolute Gasteiger partial charge is 0.346 e. The summed E-state index contributed by atoms with van der Waals surface area (Å²) in [6, 6.07) is -0.840. The molecule has 0 bridgehead atoms. The zero-order valence-electron chi connectivity index (χ0n) is 7.32. The second-order valence-electron chi connectivity index (χ2n) is 2.73. The number of hydrogen-bond acceptors (Lipinski definition) is 2. The highest BCUT2D eigenvalue weighted by atomic mass is 19.4. The third-order valence-corrected chi connectivity index (χ3v) is 1.40. The molecule has 0 aliphatic carbocycles. The van der Waals surface area contributed by atoms with Crippen molar-refractivity contribution >= 4 is 5.91 Å². The zero-order valence-corrected chi connectivity index (χ0v) is 7.32.